The normalized spacial score (nSPS) is 17.1. The molecule has 3 N–H and O–H groups in total. The number of carbonyl (C=O) groups excluding carboxylic acids is 1. The molecule has 0 saturated carbocycles. The van der Waals surface area contributed by atoms with E-state index in [9.17, 15) is 9.18 Å². The van der Waals surface area contributed by atoms with Crippen LogP contribution < -0.4 is 11.0 Å². The molecule has 0 saturated heterocycles. The van der Waals surface area contributed by atoms with Crippen LogP contribution in [0.2, 0.25) is 1.41 Å². The van der Waals surface area contributed by atoms with E-state index in [1.807, 2.05) is 0 Å². The van der Waals surface area contributed by atoms with E-state index in [-0.39, 0.29) is 5.56 Å². The van der Waals surface area contributed by atoms with Crippen molar-refractivity contribution in [2.75, 3.05) is 0 Å². The third kappa shape index (κ3) is 2.32. The molecule has 1 amide bonds. The van der Waals surface area contributed by atoms with Crippen LogP contribution in [-0.4, -0.2) is 12.3 Å². The molecular formula is C8H9FN2O. The molecule has 1 aromatic rings. The number of benzene rings is 1. The average Bonchev–Trinajstić information content (AvgIpc) is 2.19. The van der Waals surface area contributed by atoms with Crippen molar-refractivity contribution < 1.29 is 12.0 Å². The highest BCUT2D eigenvalue weighted by molar-refractivity contribution is 5.94. The number of carbonyl (C=O) groups is 1. The van der Waals surface area contributed by atoms with Crippen molar-refractivity contribution in [2.45, 2.75) is 6.40 Å². The molecule has 12 heavy (non-hydrogen) atoms. The summed E-state index contributed by atoms with van der Waals surface area (Å²) in [6, 6.07) is 7.91. The van der Waals surface area contributed by atoms with Crippen LogP contribution in [0.3, 0.4) is 0 Å². The highest BCUT2D eigenvalue weighted by Crippen LogP contribution is 1.97. The average molecular weight is 170 g/mol. The molecule has 4 heteroatoms. The Morgan fingerprint density at radius 2 is 2.33 bits per heavy atom. The Kier molecular flexibility index (Phi) is 1.96. The third-order valence-electron chi connectivity index (χ3n) is 1.26. The number of amides is 1. The summed E-state index contributed by atoms with van der Waals surface area (Å²) in [5.41, 5.74) is 1.49. The van der Waals surface area contributed by atoms with Gasteiger partial charge in [0.2, 0.25) is 6.40 Å². The van der Waals surface area contributed by atoms with Crippen LogP contribution in [-0.2, 0) is 0 Å². The monoisotopic (exact) mass is 170 g/mol. The second-order valence-electron chi connectivity index (χ2n) is 2.13. The van der Waals surface area contributed by atoms with Gasteiger partial charge in [-0.2, -0.15) is 0 Å². The number of hydrogen-bond donors (Lipinski definition) is 2. The van der Waals surface area contributed by atoms with Gasteiger partial charge in [0.05, 0.1) is 0 Å². The van der Waals surface area contributed by atoms with Gasteiger partial charge < -0.3 is 5.32 Å². The smallest absolute Gasteiger partial charge is 0.254 e. The van der Waals surface area contributed by atoms with Crippen LogP contribution in [0.4, 0.5) is 4.39 Å². The van der Waals surface area contributed by atoms with Crippen LogP contribution in [0.15, 0.2) is 30.3 Å². The SMILES string of the molecule is [2H]NC([2H])(F)NC(=O)c1ccccc1. The fourth-order valence-corrected chi connectivity index (χ4v) is 0.761. The van der Waals surface area contributed by atoms with E-state index in [4.69, 9.17) is 2.78 Å². The Labute approximate surface area is 72.2 Å². The summed E-state index contributed by atoms with van der Waals surface area (Å²) in [5, 5.41) is 1.68. The zero-order valence-electron chi connectivity index (χ0n) is 8.17. The molecule has 1 unspecified atom stereocenters. The van der Waals surface area contributed by atoms with E-state index in [0.717, 1.165) is 0 Å². The minimum atomic E-state index is -2.97. The molecule has 1 atom stereocenters. The molecular weight excluding hydrogens is 159 g/mol. The van der Waals surface area contributed by atoms with Gasteiger partial charge in [-0.15, -0.1) is 0 Å². The van der Waals surface area contributed by atoms with Gasteiger partial charge in [0, 0.05) is 5.56 Å². The van der Waals surface area contributed by atoms with Crippen molar-refractivity contribution in [3.05, 3.63) is 35.9 Å². The van der Waals surface area contributed by atoms with E-state index in [0.29, 0.717) is 0 Å². The van der Waals surface area contributed by atoms with Gasteiger partial charge in [0.1, 0.15) is 2.78 Å². The number of nitrogens with two attached hydrogens (primary N) is 1. The highest BCUT2D eigenvalue weighted by atomic mass is 19.1. The predicted octanol–water partition coefficient (Wildman–Crippen LogP) is 0.628. The first-order valence-corrected chi connectivity index (χ1v) is 3.30. The zero-order chi connectivity index (χ0) is 10.6. The van der Waals surface area contributed by atoms with Crippen molar-refractivity contribution >= 4 is 5.91 Å². The lowest BCUT2D eigenvalue weighted by molar-refractivity contribution is 0.0898. The molecule has 64 valence electrons. The maximum atomic E-state index is 12.8. The van der Waals surface area contributed by atoms with E-state index >= 15 is 0 Å². The lowest BCUT2D eigenvalue weighted by Gasteiger charge is -2.04. The fraction of sp³-hybridized carbons (Fsp3) is 0.125. The topological polar surface area (TPSA) is 55.1 Å². The summed E-state index contributed by atoms with van der Waals surface area (Å²) in [7, 11) is 0. The maximum Gasteiger partial charge on any atom is 0.254 e. The van der Waals surface area contributed by atoms with Crippen LogP contribution in [0.1, 0.15) is 11.7 Å². The fourth-order valence-electron chi connectivity index (χ4n) is 0.761. The van der Waals surface area contributed by atoms with Crippen molar-refractivity contribution in [2.24, 2.45) is 5.73 Å². The molecule has 0 bridgehead atoms. The Hall–Kier alpha value is -1.42. The molecule has 1 rings (SSSR count). The van der Waals surface area contributed by atoms with Crippen molar-refractivity contribution in [1.29, 1.82) is 0 Å². The van der Waals surface area contributed by atoms with Crippen LogP contribution >= 0.6 is 0 Å². The largest absolute Gasteiger partial charge is 0.310 e. The van der Waals surface area contributed by atoms with Crippen LogP contribution in [0.25, 0.3) is 0 Å². The highest BCUT2D eigenvalue weighted by Gasteiger charge is 2.06. The number of hydrogen-bond acceptors (Lipinski definition) is 2. The number of rotatable bonds is 3. The standard InChI is InChI=1S/C8H9FN2O/c9-8(10)11-7(12)6-4-2-1-3-5-6/h1-5,8H,10H2,(H,11,12)/i8D/hD. The van der Waals surface area contributed by atoms with Gasteiger partial charge in [-0.3, -0.25) is 10.5 Å². The minimum Gasteiger partial charge on any atom is -0.310 e. The second kappa shape index (κ2) is 3.82. The maximum absolute atomic E-state index is 12.8. The molecule has 0 aliphatic rings. The molecule has 1 aromatic carbocycles. The first-order chi connectivity index (χ1) is 6.55. The van der Waals surface area contributed by atoms with Crippen molar-refractivity contribution in [3.63, 3.8) is 0 Å². The molecule has 0 aliphatic carbocycles. The molecule has 0 spiro atoms. The predicted molar refractivity (Wildman–Crippen MR) is 43.0 cm³/mol. The lowest BCUT2D eigenvalue weighted by atomic mass is 10.2. The summed E-state index contributed by atoms with van der Waals surface area (Å²) >= 11 is 0. The summed E-state index contributed by atoms with van der Waals surface area (Å²) in [6.07, 6.45) is -2.97. The van der Waals surface area contributed by atoms with Gasteiger partial charge in [0.25, 0.3) is 5.91 Å². The molecule has 0 aromatic heterocycles. The number of alkyl halides is 1. The van der Waals surface area contributed by atoms with E-state index in [2.05, 4.69) is 0 Å². The van der Waals surface area contributed by atoms with Gasteiger partial charge in [-0.05, 0) is 12.1 Å². The number of halogens is 1. The summed E-state index contributed by atoms with van der Waals surface area (Å²) in [6.45, 7) is 0. The van der Waals surface area contributed by atoms with Crippen molar-refractivity contribution in [3.8, 4) is 0 Å². The van der Waals surface area contributed by atoms with E-state index < -0.39 is 12.3 Å². The molecule has 0 fully saturated rings. The first-order valence-electron chi connectivity index (χ1n) is 4.30. The third-order valence-corrected chi connectivity index (χ3v) is 1.26. The Morgan fingerprint density at radius 3 is 2.92 bits per heavy atom. The van der Waals surface area contributed by atoms with Crippen molar-refractivity contribution in [1.82, 2.24) is 5.32 Å². The van der Waals surface area contributed by atoms with Crippen LogP contribution in [0, 0.1) is 0 Å². The summed E-state index contributed by atoms with van der Waals surface area (Å²) < 4.78 is 26.0. The second-order valence-corrected chi connectivity index (χ2v) is 2.13. The minimum absolute atomic E-state index is 0.233. The Morgan fingerprint density at radius 1 is 1.67 bits per heavy atom. The lowest BCUT2D eigenvalue weighted by Crippen LogP contribution is -2.37. The summed E-state index contributed by atoms with van der Waals surface area (Å²) in [4.78, 5) is 11.2. The zero-order valence-corrected chi connectivity index (χ0v) is 6.17. The molecule has 0 aliphatic heterocycles. The van der Waals surface area contributed by atoms with E-state index in [1.165, 1.54) is 17.9 Å². The van der Waals surface area contributed by atoms with Gasteiger partial charge >= 0.3 is 0 Å². The van der Waals surface area contributed by atoms with Crippen LogP contribution in [0.5, 0.6) is 0 Å². The molecule has 0 radical (unpaired) electrons. The Bertz CT molecular complexity index is 318. The molecule has 0 heterocycles. The van der Waals surface area contributed by atoms with Gasteiger partial charge in [-0.1, -0.05) is 18.2 Å². The molecule has 3 nitrogen and oxygen atoms in total. The van der Waals surface area contributed by atoms with Gasteiger partial charge in [0.15, 0.2) is 0 Å². The van der Waals surface area contributed by atoms with Gasteiger partial charge in [-0.25, -0.2) is 4.39 Å². The Balaban J connectivity index is 2.69. The quantitative estimate of drug-likeness (QED) is 0.516. The first kappa shape index (κ1) is 6.14. The number of nitrogens with one attached hydrogen (secondary N) is 1. The summed E-state index contributed by atoms with van der Waals surface area (Å²) in [5.74, 6) is -0.747. The van der Waals surface area contributed by atoms with E-state index in [1.54, 1.807) is 23.5 Å².